The summed E-state index contributed by atoms with van der Waals surface area (Å²) < 4.78 is 2.50. The molecule has 0 bridgehead atoms. The number of rotatable bonds is 3. The van der Waals surface area contributed by atoms with Crippen molar-refractivity contribution < 1.29 is 4.79 Å². The van der Waals surface area contributed by atoms with Gasteiger partial charge in [0.2, 0.25) is 5.65 Å². The van der Waals surface area contributed by atoms with Crippen LogP contribution in [-0.2, 0) is 6.54 Å². The van der Waals surface area contributed by atoms with Crippen molar-refractivity contribution in [1.82, 2.24) is 29.9 Å². The molecule has 23 heavy (non-hydrogen) atoms. The van der Waals surface area contributed by atoms with Gasteiger partial charge < -0.3 is 10.3 Å². The van der Waals surface area contributed by atoms with Crippen LogP contribution in [0.1, 0.15) is 16.2 Å². The highest BCUT2D eigenvalue weighted by Crippen LogP contribution is 2.19. The molecule has 0 radical (unpaired) electrons. The Balaban J connectivity index is 1.56. The quantitative estimate of drug-likeness (QED) is 0.583. The molecule has 0 saturated heterocycles. The molecule has 3 aromatic heterocycles. The van der Waals surface area contributed by atoms with E-state index >= 15 is 0 Å². The Morgan fingerprint density at radius 3 is 3.17 bits per heavy atom. The second-order valence-electron chi connectivity index (χ2n) is 4.82. The van der Waals surface area contributed by atoms with E-state index in [0.717, 1.165) is 10.2 Å². The lowest BCUT2D eigenvalue weighted by atomic mass is 10.2. The van der Waals surface area contributed by atoms with Gasteiger partial charge in [-0.25, -0.2) is 4.98 Å². The fraction of sp³-hybridized carbons (Fsp3) is 0.0714. The van der Waals surface area contributed by atoms with Gasteiger partial charge in [-0.2, -0.15) is 0 Å². The van der Waals surface area contributed by atoms with Crippen LogP contribution in [0.5, 0.6) is 0 Å². The predicted molar refractivity (Wildman–Crippen MR) is 84.4 cm³/mol. The molecule has 0 unspecified atom stereocenters. The minimum atomic E-state index is -0.326. The molecule has 8 nitrogen and oxygen atoms in total. The summed E-state index contributed by atoms with van der Waals surface area (Å²) in [6, 6.07) is 5.34. The second-order valence-corrected chi connectivity index (χ2v) is 5.70. The lowest BCUT2D eigenvalue weighted by Crippen LogP contribution is -2.24. The Bertz CT molecular complexity index is 1080. The van der Waals surface area contributed by atoms with Crippen LogP contribution < -0.4 is 10.9 Å². The van der Waals surface area contributed by atoms with Crippen molar-refractivity contribution in [3.05, 3.63) is 57.8 Å². The van der Waals surface area contributed by atoms with Crippen LogP contribution in [-0.4, -0.2) is 30.5 Å². The maximum absolute atomic E-state index is 12.3. The summed E-state index contributed by atoms with van der Waals surface area (Å²) in [6.45, 7) is 0.171. The van der Waals surface area contributed by atoms with Crippen LogP contribution in [0.15, 0.2) is 40.9 Å². The Kier molecular flexibility index (Phi) is 3.12. The molecule has 2 N–H and O–H groups in total. The monoisotopic (exact) mass is 326 g/mol. The van der Waals surface area contributed by atoms with E-state index in [0.29, 0.717) is 11.4 Å². The highest BCUT2D eigenvalue weighted by atomic mass is 32.1. The number of aromatic amines is 1. The number of aromatic nitrogens is 5. The van der Waals surface area contributed by atoms with Crippen molar-refractivity contribution in [1.29, 1.82) is 0 Å². The number of fused-ring (bicyclic) bond motifs is 2. The van der Waals surface area contributed by atoms with E-state index in [1.165, 1.54) is 17.5 Å². The average Bonchev–Trinajstić information content (AvgIpc) is 3.19. The van der Waals surface area contributed by atoms with Crippen molar-refractivity contribution in [2.45, 2.75) is 6.54 Å². The molecule has 114 valence electrons. The Morgan fingerprint density at radius 2 is 2.26 bits per heavy atom. The lowest BCUT2D eigenvalue weighted by molar-refractivity contribution is 0.0950. The first kappa shape index (κ1) is 13.6. The third-order valence-corrected chi connectivity index (χ3v) is 4.20. The fourth-order valence-electron chi connectivity index (χ4n) is 2.27. The first-order valence-corrected chi connectivity index (χ1v) is 7.63. The van der Waals surface area contributed by atoms with Gasteiger partial charge in [0.05, 0.1) is 22.3 Å². The highest BCUT2D eigenvalue weighted by molar-refractivity contribution is 7.16. The minimum Gasteiger partial charge on any atom is -0.345 e. The number of carbonyl (C=O) groups excluding carboxylic acids is 1. The number of benzene rings is 1. The molecule has 0 aliphatic carbocycles. The van der Waals surface area contributed by atoms with Gasteiger partial charge in [0.1, 0.15) is 0 Å². The van der Waals surface area contributed by atoms with E-state index in [9.17, 15) is 9.59 Å². The van der Waals surface area contributed by atoms with Crippen molar-refractivity contribution in [3.63, 3.8) is 0 Å². The number of nitrogens with one attached hydrogen (secondary N) is 2. The van der Waals surface area contributed by atoms with Crippen LogP contribution in [0.4, 0.5) is 0 Å². The standard InChI is InChI=1S/C14H10N6O2S/c21-13(8-1-2-9-10(5-8)23-7-17-9)16-6-11-18-19-12-14(22)15-3-4-20(11)12/h1-5,7H,6H2,(H,15,22)(H,16,21). The molecule has 0 aliphatic heterocycles. The van der Waals surface area contributed by atoms with Crippen molar-refractivity contribution in [2.75, 3.05) is 0 Å². The lowest BCUT2D eigenvalue weighted by Gasteiger charge is -2.04. The van der Waals surface area contributed by atoms with Gasteiger partial charge in [0.15, 0.2) is 5.82 Å². The summed E-state index contributed by atoms with van der Waals surface area (Å²) >= 11 is 1.48. The molecule has 0 fully saturated rings. The van der Waals surface area contributed by atoms with E-state index in [2.05, 4.69) is 25.5 Å². The smallest absolute Gasteiger partial charge is 0.293 e. The fourth-order valence-corrected chi connectivity index (χ4v) is 2.98. The topological polar surface area (TPSA) is 105 Å². The van der Waals surface area contributed by atoms with Crippen LogP contribution in [0.2, 0.25) is 0 Å². The SMILES string of the molecule is O=C(NCc1nnc2c(=O)[nH]ccn12)c1ccc2ncsc2c1. The minimum absolute atomic E-state index is 0.171. The molecule has 1 amide bonds. The van der Waals surface area contributed by atoms with Gasteiger partial charge in [-0.3, -0.25) is 14.0 Å². The summed E-state index contributed by atoms with van der Waals surface area (Å²) in [5, 5.41) is 10.5. The Hall–Kier alpha value is -3.07. The summed E-state index contributed by atoms with van der Waals surface area (Å²) in [5.41, 5.74) is 3.03. The Labute approximate surface area is 132 Å². The molecule has 0 aliphatic rings. The van der Waals surface area contributed by atoms with Crippen LogP contribution in [0, 0.1) is 0 Å². The van der Waals surface area contributed by atoms with Crippen LogP contribution in [0.3, 0.4) is 0 Å². The maximum atomic E-state index is 12.3. The maximum Gasteiger partial charge on any atom is 0.293 e. The third-order valence-electron chi connectivity index (χ3n) is 3.41. The summed E-state index contributed by atoms with van der Waals surface area (Å²) in [4.78, 5) is 30.5. The predicted octanol–water partition coefficient (Wildman–Crippen LogP) is 0.957. The molecule has 0 saturated carbocycles. The molecule has 0 atom stereocenters. The molecule has 4 rings (SSSR count). The number of hydrogen-bond donors (Lipinski definition) is 2. The summed E-state index contributed by atoms with van der Waals surface area (Å²) in [5.74, 6) is 0.264. The molecule has 3 heterocycles. The number of hydrogen-bond acceptors (Lipinski definition) is 6. The van der Waals surface area contributed by atoms with Gasteiger partial charge in [0, 0.05) is 18.0 Å². The van der Waals surface area contributed by atoms with E-state index in [1.54, 1.807) is 28.2 Å². The molecule has 1 aromatic carbocycles. The summed E-state index contributed by atoms with van der Waals surface area (Å²) in [6.07, 6.45) is 3.14. The normalized spacial score (nSPS) is 11.1. The zero-order valence-electron chi connectivity index (χ0n) is 11.7. The first-order chi connectivity index (χ1) is 11.2. The van der Waals surface area contributed by atoms with Gasteiger partial charge in [-0.1, -0.05) is 0 Å². The molecular weight excluding hydrogens is 316 g/mol. The van der Waals surface area contributed by atoms with Gasteiger partial charge in [0.25, 0.3) is 11.5 Å². The second kappa shape index (κ2) is 5.29. The van der Waals surface area contributed by atoms with Gasteiger partial charge >= 0.3 is 0 Å². The number of nitrogens with zero attached hydrogens (tertiary/aromatic N) is 4. The first-order valence-electron chi connectivity index (χ1n) is 6.75. The van der Waals surface area contributed by atoms with E-state index in [4.69, 9.17) is 0 Å². The zero-order chi connectivity index (χ0) is 15.8. The molecule has 4 aromatic rings. The molecule has 0 spiro atoms. The summed E-state index contributed by atoms with van der Waals surface area (Å²) in [7, 11) is 0. The van der Waals surface area contributed by atoms with Crippen LogP contribution in [0.25, 0.3) is 15.9 Å². The number of H-pyrrole nitrogens is 1. The highest BCUT2D eigenvalue weighted by Gasteiger charge is 2.11. The zero-order valence-corrected chi connectivity index (χ0v) is 12.5. The van der Waals surface area contributed by atoms with Crippen LogP contribution >= 0.6 is 11.3 Å². The molecule has 9 heteroatoms. The number of thiazole rings is 1. The van der Waals surface area contributed by atoms with Gasteiger partial charge in [-0.15, -0.1) is 21.5 Å². The van der Waals surface area contributed by atoms with E-state index in [1.807, 2.05) is 6.07 Å². The van der Waals surface area contributed by atoms with E-state index < -0.39 is 0 Å². The average molecular weight is 326 g/mol. The largest absolute Gasteiger partial charge is 0.345 e. The van der Waals surface area contributed by atoms with Crippen molar-refractivity contribution >= 4 is 33.1 Å². The third kappa shape index (κ3) is 2.36. The van der Waals surface area contributed by atoms with Crippen molar-refractivity contribution in [3.8, 4) is 0 Å². The van der Waals surface area contributed by atoms with Gasteiger partial charge in [-0.05, 0) is 18.2 Å². The Morgan fingerprint density at radius 1 is 1.35 bits per heavy atom. The number of amides is 1. The van der Waals surface area contributed by atoms with Crippen molar-refractivity contribution in [2.24, 2.45) is 0 Å². The number of carbonyl (C=O) groups is 1. The van der Waals surface area contributed by atoms with E-state index in [-0.39, 0.29) is 23.7 Å². The molecular formula is C14H10N6O2S.